The van der Waals surface area contributed by atoms with Gasteiger partial charge in [-0.25, -0.2) is 0 Å². The van der Waals surface area contributed by atoms with Gasteiger partial charge in [0.25, 0.3) is 0 Å². The third kappa shape index (κ3) is 5.32. The fraction of sp³-hybridized carbons (Fsp3) is 0.600. The van der Waals surface area contributed by atoms with Gasteiger partial charge in [0.1, 0.15) is 0 Å². The molecule has 94 valence electrons. The van der Waals surface area contributed by atoms with Gasteiger partial charge in [0, 0.05) is 6.04 Å². The standard InChI is InChI=1S/C9H11N.3C2H6/c10-9-6-5-7-3-1-2-4-8(7)9;3*1-2/h1-4,9H,5-6,10H2;3*1-2H3. The topological polar surface area (TPSA) is 26.0 Å². The normalized spacial score (nSPS) is 15.3. The van der Waals surface area contributed by atoms with Crippen molar-refractivity contribution in [3.05, 3.63) is 35.4 Å². The molecule has 1 heteroatoms. The fourth-order valence-corrected chi connectivity index (χ4v) is 1.59. The molecule has 1 atom stereocenters. The van der Waals surface area contributed by atoms with Crippen LogP contribution in [0.4, 0.5) is 0 Å². The Morgan fingerprint density at radius 3 is 1.94 bits per heavy atom. The minimum absolute atomic E-state index is 0.302. The van der Waals surface area contributed by atoms with Gasteiger partial charge in [-0.3, -0.25) is 0 Å². The molecule has 1 aromatic rings. The number of aryl methyl sites for hydroxylation is 1. The summed E-state index contributed by atoms with van der Waals surface area (Å²) in [4.78, 5) is 0. The van der Waals surface area contributed by atoms with E-state index in [1.165, 1.54) is 11.1 Å². The monoisotopic (exact) mass is 223 g/mol. The average Bonchev–Trinajstić information content (AvgIpc) is 2.79. The largest absolute Gasteiger partial charge is 0.324 e. The van der Waals surface area contributed by atoms with Crippen LogP contribution in [-0.2, 0) is 6.42 Å². The van der Waals surface area contributed by atoms with Crippen LogP contribution < -0.4 is 5.73 Å². The fourth-order valence-electron chi connectivity index (χ4n) is 1.59. The number of hydrogen-bond donors (Lipinski definition) is 1. The smallest absolute Gasteiger partial charge is 0.0300 e. The SMILES string of the molecule is CC.CC.CC.NC1CCc2ccccc21. The van der Waals surface area contributed by atoms with Crippen molar-refractivity contribution in [3.63, 3.8) is 0 Å². The summed E-state index contributed by atoms with van der Waals surface area (Å²) in [6.07, 6.45) is 2.29. The summed E-state index contributed by atoms with van der Waals surface area (Å²) in [5.74, 6) is 0. The molecule has 0 amide bonds. The lowest BCUT2D eigenvalue weighted by Crippen LogP contribution is -2.04. The van der Waals surface area contributed by atoms with Crippen LogP contribution in [0.25, 0.3) is 0 Å². The van der Waals surface area contributed by atoms with Crippen LogP contribution in [0.1, 0.15) is 65.1 Å². The van der Waals surface area contributed by atoms with Gasteiger partial charge in [0.15, 0.2) is 0 Å². The maximum absolute atomic E-state index is 5.85. The third-order valence-electron chi connectivity index (χ3n) is 2.18. The van der Waals surface area contributed by atoms with Crippen molar-refractivity contribution in [3.8, 4) is 0 Å². The molecule has 1 aromatic carbocycles. The summed E-state index contributed by atoms with van der Waals surface area (Å²) in [6, 6.07) is 8.74. The van der Waals surface area contributed by atoms with E-state index in [-0.39, 0.29) is 0 Å². The van der Waals surface area contributed by atoms with E-state index in [0.29, 0.717) is 6.04 Å². The van der Waals surface area contributed by atoms with E-state index in [1.807, 2.05) is 41.5 Å². The van der Waals surface area contributed by atoms with Crippen molar-refractivity contribution in [2.75, 3.05) is 0 Å². The Balaban J connectivity index is 0. The molecule has 0 saturated heterocycles. The number of hydrogen-bond acceptors (Lipinski definition) is 1. The van der Waals surface area contributed by atoms with Crippen LogP contribution in [0.3, 0.4) is 0 Å². The summed E-state index contributed by atoms with van der Waals surface area (Å²) in [5.41, 5.74) is 8.64. The van der Waals surface area contributed by atoms with Crippen molar-refractivity contribution in [2.24, 2.45) is 5.73 Å². The van der Waals surface area contributed by atoms with E-state index in [1.54, 1.807) is 0 Å². The molecule has 0 spiro atoms. The molecule has 2 N–H and O–H groups in total. The molecule has 1 aliphatic rings. The van der Waals surface area contributed by atoms with Crippen molar-refractivity contribution >= 4 is 0 Å². The van der Waals surface area contributed by atoms with Gasteiger partial charge in [0.2, 0.25) is 0 Å². The molecule has 0 radical (unpaired) electrons. The van der Waals surface area contributed by atoms with Gasteiger partial charge >= 0.3 is 0 Å². The van der Waals surface area contributed by atoms with Crippen LogP contribution in [0.2, 0.25) is 0 Å². The molecule has 1 unspecified atom stereocenters. The maximum atomic E-state index is 5.85. The average molecular weight is 223 g/mol. The van der Waals surface area contributed by atoms with E-state index < -0.39 is 0 Å². The van der Waals surface area contributed by atoms with Crippen molar-refractivity contribution in [1.82, 2.24) is 0 Å². The van der Waals surface area contributed by atoms with Gasteiger partial charge in [-0.1, -0.05) is 65.8 Å². The Labute approximate surface area is 102 Å². The Kier molecular flexibility index (Phi) is 13.5. The molecule has 1 aliphatic carbocycles. The molecule has 1 nitrogen and oxygen atoms in total. The Morgan fingerprint density at radius 2 is 1.44 bits per heavy atom. The minimum Gasteiger partial charge on any atom is -0.324 e. The van der Waals surface area contributed by atoms with Crippen LogP contribution in [-0.4, -0.2) is 0 Å². The second-order valence-electron chi connectivity index (χ2n) is 2.84. The summed E-state index contributed by atoms with van der Waals surface area (Å²) in [6.45, 7) is 12.0. The molecule has 0 saturated carbocycles. The highest BCUT2D eigenvalue weighted by molar-refractivity contribution is 5.33. The quantitative estimate of drug-likeness (QED) is 0.677. The van der Waals surface area contributed by atoms with E-state index in [9.17, 15) is 0 Å². The van der Waals surface area contributed by atoms with Gasteiger partial charge < -0.3 is 5.73 Å². The van der Waals surface area contributed by atoms with E-state index in [2.05, 4.69) is 24.3 Å². The first-order chi connectivity index (χ1) is 7.88. The first-order valence-corrected chi connectivity index (χ1v) is 6.71. The predicted octanol–water partition coefficient (Wildman–Crippen LogP) is 4.71. The molecule has 16 heavy (non-hydrogen) atoms. The van der Waals surface area contributed by atoms with Crippen LogP contribution >= 0.6 is 0 Å². The van der Waals surface area contributed by atoms with Gasteiger partial charge in [-0.05, 0) is 24.0 Å². The highest BCUT2D eigenvalue weighted by atomic mass is 14.6. The number of rotatable bonds is 0. The van der Waals surface area contributed by atoms with E-state index in [4.69, 9.17) is 5.73 Å². The molecule has 0 bridgehead atoms. The van der Waals surface area contributed by atoms with E-state index in [0.717, 1.165) is 12.8 Å². The van der Waals surface area contributed by atoms with Crippen LogP contribution in [0.5, 0.6) is 0 Å². The number of benzene rings is 1. The van der Waals surface area contributed by atoms with Gasteiger partial charge in [-0.2, -0.15) is 0 Å². The zero-order valence-corrected chi connectivity index (χ0v) is 11.9. The molecule has 0 aromatic heterocycles. The Morgan fingerprint density at radius 1 is 0.938 bits per heavy atom. The zero-order valence-electron chi connectivity index (χ0n) is 11.9. The Bertz CT molecular complexity index is 243. The predicted molar refractivity (Wildman–Crippen MR) is 75.7 cm³/mol. The van der Waals surface area contributed by atoms with Gasteiger partial charge in [-0.15, -0.1) is 0 Å². The summed E-state index contributed by atoms with van der Waals surface area (Å²) in [7, 11) is 0. The molecule has 0 heterocycles. The van der Waals surface area contributed by atoms with Crippen molar-refractivity contribution in [2.45, 2.75) is 60.4 Å². The molecule has 0 aliphatic heterocycles. The Hall–Kier alpha value is -0.820. The van der Waals surface area contributed by atoms with Crippen LogP contribution in [0.15, 0.2) is 24.3 Å². The summed E-state index contributed by atoms with van der Waals surface area (Å²) < 4.78 is 0. The van der Waals surface area contributed by atoms with Crippen molar-refractivity contribution in [1.29, 1.82) is 0 Å². The lowest BCUT2D eigenvalue weighted by Gasteiger charge is -2.01. The molecule has 2 rings (SSSR count). The lowest BCUT2D eigenvalue weighted by molar-refractivity contribution is 0.713. The summed E-state index contributed by atoms with van der Waals surface area (Å²) >= 11 is 0. The molecule has 0 fully saturated rings. The second kappa shape index (κ2) is 12.3. The first kappa shape index (κ1) is 17.6. The number of fused-ring (bicyclic) bond motifs is 1. The molecular formula is C15H29N. The van der Waals surface area contributed by atoms with Crippen LogP contribution in [0, 0.1) is 0 Å². The van der Waals surface area contributed by atoms with E-state index >= 15 is 0 Å². The highest BCUT2D eigenvalue weighted by Crippen LogP contribution is 2.28. The maximum Gasteiger partial charge on any atom is 0.0300 e. The zero-order chi connectivity index (χ0) is 13.0. The highest BCUT2D eigenvalue weighted by Gasteiger charge is 2.16. The van der Waals surface area contributed by atoms with Gasteiger partial charge in [0.05, 0.1) is 0 Å². The molecular weight excluding hydrogens is 194 g/mol. The second-order valence-corrected chi connectivity index (χ2v) is 2.84. The first-order valence-electron chi connectivity index (χ1n) is 6.71. The summed E-state index contributed by atoms with van der Waals surface area (Å²) in [5, 5.41) is 0. The number of nitrogens with two attached hydrogens (primary N) is 1. The minimum atomic E-state index is 0.302. The lowest BCUT2D eigenvalue weighted by atomic mass is 10.1. The third-order valence-corrected chi connectivity index (χ3v) is 2.18. The van der Waals surface area contributed by atoms with Crippen molar-refractivity contribution < 1.29 is 0 Å².